The molecule has 0 unspecified atom stereocenters. The maximum atomic E-state index is 12.2. The molecule has 0 amide bonds. The largest absolute Gasteiger partial charge is 0.315 e. The van der Waals surface area contributed by atoms with Crippen LogP contribution in [-0.2, 0) is 23.1 Å². The minimum Gasteiger partial charge on any atom is -0.315 e. The molecule has 0 atom stereocenters. The van der Waals surface area contributed by atoms with Gasteiger partial charge in [-0.25, -0.2) is 13.1 Å². The Hall–Kier alpha value is -1.28. The number of thiophene rings is 1. The van der Waals surface area contributed by atoms with Crippen molar-refractivity contribution < 1.29 is 8.42 Å². The number of pyridine rings is 1. The van der Waals surface area contributed by atoms with Gasteiger partial charge in [-0.2, -0.15) is 0 Å². The van der Waals surface area contributed by atoms with Crippen molar-refractivity contribution in [2.45, 2.75) is 24.2 Å². The number of hydrogen-bond acceptors (Lipinski definition) is 5. The molecule has 0 bridgehead atoms. The molecule has 0 spiro atoms. The molecule has 2 aromatic rings. The Kier molecular flexibility index (Phi) is 4.87. The van der Waals surface area contributed by atoms with Crippen LogP contribution in [0.3, 0.4) is 0 Å². The Morgan fingerprint density at radius 1 is 1.25 bits per heavy atom. The molecule has 20 heavy (non-hydrogen) atoms. The highest BCUT2D eigenvalue weighted by atomic mass is 32.2. The number of aromatic nitrogens is 1. The zero-order valence-corrected chi connectivity index (χ0v) is 13.0. The van der Waals surface area contributed by atoms with Gasteiger partial charge in [0.15, 0.2) is 0 Å². The monoisotopic (exact) mass is 311 g/mol. The molecule has 0 aliphatic rings. The summed E-state index contributed by atoms with van der Waals surface area (Å²) in [5, 5.41) is 3.00. The van der Waals surface area contributed by atoms with E-state index < -0.39 is 10.0 Å². The van der Waals surface area contributed by atoms with Crippen LogP contribution in [-0.4, -0.2) is 20.4 Å². The van der Waals surface area contributed by atoms with Crippen LogP contribution in [0.4, 0.5) is 0 Å². The summed E-state index contributed by atoms with van der Waals surface area (Å²) in [7, 11) is -1.63. The van der Waals surface area contributed by atoms with Gasteiger partial charge in [0.05, 0.1) is 0 Å². The first-order valence-electron chi connectivity index (χ1n) is 6.15. The summed E-state index contributed by atoms with van der Waals surface area (Å²) in [6.07, 6.45) is 3.37. The maximum Gasteiger partial charge on any atom is 0.250 e. The molecule has 0 saturated heterocycles. The second-order valence-electron chi connectivity index (χ2n) is 4.38. The van der Waals surface area contributed by atoms with Gasteiger partial charge in [0.2, 0.25) is 10.0 Å². The van der Waals surface area contributed by atoms with Crippen LogP contribution in [0.2, 0.25) is 0 Å². The van der Waals surface area contributed by atoms with Crippen molar-refractivity contribution in [2.24, 2.45) is 0 Å². The van der Waals surface area contributed by atoms with E-state index in [1.165, 1.54) is 11.3 Å². The fourth-order valence-corrected chi connectivity index (χ4v) is 4.12. The fourth-order valence-electron chi connectivity index (χ4n) is 1.70. The van der Waals surface area contributed by atoms with Crippen LogP contribution in [0.1, 0.15) is 16.0 Å². The quantitative estimate of drug-likeness (QED) is 0.851. The predicted molar refractivity (Wildman–Crippen MR) is 80.1 cm³/mol. The summed E-state index contributed by atoms with van der Waals surface area (Å²) in [5.74, 6) is 0. The van der Waals surface area contributed by atoms with E-state index in [2.05, 4.69) is 15.0 Å². The van der Waals surface area contributed by atoms with Crippen molar-refractivity contribution in [3.05, 3.63) is 46.6 Å². The second kappa shape index (κ2) is 6.45. The van der Waals surface area contributed by atoms with Crippen LogP contribution >= 0.6 is 11.3 Å². The van der Waals surface area contributed by atoms with Gasteiger partial charge in [0.25, 0.3) is 0 Å². The summed E-state index contributed by atoms with van der Waals surface area (Å²) in [4.78, 5) is 5.00. The van der Waals surface area contributed by atoms with Crippen LogP contribution < -0.4 is 10.0 Å². The summed E-state index contributed by atoms with van der Waals surface area (Å²) in [6.45, 7) is 2.85. The lowest BCUT2D eigenvalue weighted by molar-refractivity contribution is 0.583. The van der Waals surface area contributed by atoms with E-state index in [-0.39, 0.29) is 6.54 Å². The van der Waals surface area contributed by atoms with E-state index in [9.17, 15) is 8.42 Å². The molecular weight excluding hydrogens is 294 g/mol. The topological polar surface area (TPSA) is 71.1 Å². The van der Waals surface area contributed by atoms with E-state index in [1.54, 1.807) is 18.5 Å². The van der Waals surface area contributed by atoms with Crippen LogP contribution in [0, 0.1) is 6.92 Å². The summed E-state index contributed by atoms with van der Waals surface area (Å²) in [6, 6.07) is 5.32. The van der Waals surface area contributed by atoms with Crippen molar-refractivity contribution in [3.8, 4) is 0 Å². The highest BCUT2D eigenvalue weighted by molar-refractivity contribution is 7.91. The highest BCUT2D eigenvalue weighted by Crippen LogP contribution is 2.21. The molecule has 0 saturated carbocycles. The van der Waals surface area contributed by atoms with Gasteiger partial charge in [-0.1, -0.05) is 0 Å². The zero-order chi connectivity index (χ0) is 14.6. The van der Waals surface area contributed by atoms with Crippen molar-refractivity contribution in [3.63, 3.8) is 0 Å². The molecule has 7 heteroatoms. The van der Waals surface area contributed by atoms with Crippen molar-refractivity contribution >= 4 is 21.4 Å². The second-order valence-corrected chi connectivity index (χ2v) is 7.54. The minimum absolute atomic E-state index is 0.251. The third-order valence-corrected chi connectivity index (χ3v) is 5.83. The van der Waals surface area contributed by atoms with Gasteiger partial charge in [0, 0.05) is 30.4 Å². The van der Waals surface area contributed by atoms with Gasteiger partial charge < -0.3 is 5.32 Å². The van der Waals surface area contributed by atoms with E-state index in [1.807, 2.05) is 26.1 Å². The Bertz CT molecular complexity index is 680. The molecule has 5 nitrogen and oxygen atoms in total. The SMILES string of the molecule is CNCc1ccc(S(=O)(=O)NCc2cnccc2C)s1. The number of aryl methyl sites for hydroxylation is 1. The Labute approximate surface area is 123 Å². The molecule has 0 aliphatic carbocycles. The van der Waals surface area contributed by atoms with Crippen molar-refractivity contribution in [1.82, 2.24) is 15.0 Å². The molecule has 0 aromatic carbocycles. The van der Waals surface area contributed by atoms with Crippen LogP contribution in [0.15, 0.2) is 34.8 Å². The van der Waals surface area contributed by atoms with Crippen molar-refractivity contribution in [1.29, 1.82) is 0 Å². The van der Waals surface area contributed by atoms with Crippen molar-refractivity contribution in [2.75, 3.05) is 7.05 Å². The van der Waals surface area contributed by atoms with Gasteiger partial charge >= 0.3 is 0 Å². The van der Waals surface area contributed by atoms with Gasteiger partial charge in [0.1, 0.15) is 4.21 Å². The number of sulfonamides is 1. The van der Waals surface area contributed by atoms with E-state index in [0.717, 1.165) is 16.0 Å². The van der Waals surface area contributed by atoms with E-state index in [4.69, 9.17) is 0 Å². The average Bonchev–Trinajstić information content (AvgIpc) is 2.88. The third kappa shape index (κ3) is 3.63. The van der Waals surface area contributed by atoms with Gasteiger partial charge in [-0.15, -0.1) is 11.3 Å². The molecule has 0 radical (unpaired) electrons. The lowest BCUT2D eigenvalue weighted by Gasteiger charge is -2.06. The molecule has 2 heterocycles. The van der Waals surface area contributed by atoms with E-state index in [0.29, 0.717) is 10.8 Å². The predicted octanol–water partition coefficient (Wildman–Crippen LogP) is 1.65. The molecule has 0 aliphatic heterocycles. The highest BCUT2D eigenvalue weighted by Gasteiger charge is 2.16. The summed E-state index contributed by atoms with van der Waals surface area (Å²) >= 11 is 1.28. The summed E-state index contributed by atoms with van der Waals surface area (Å²) in [5.41, 5.74) is 1.90. The normalized spacial score (nSPS) is 11.7. The van der Waals surface area contributed by atoms with E-state index >= 15 is 0 Å². The average molecular weight is 311 g/mol. The number of rotatable bonds is 6. The fraction of sp³-hybridized carbons (Fsp3) is 0.308. The Morgan fingerprint density at radius 3 is 2.75 bits per heavy atom. The first-order valence-corrected chi connectivity index (χ1v) is 8.45. The Balaban J connectivity index is 2.09. The zero-order valence-electron chi connectivity index (χ0n) is 11.4. The summed E-state index contributed by atoms with van der Waals surface area (Å²) < 4.78 is 27.3. The number of nitrogens with zero attached hydrogens (tertiary/aromatic N) is 1. The van der Waals surface area contributed by atoms with Crippen LogP contribution in [0.25, 0.3) is 0 Å². The third-order valence-electron chi connectivity index (χ3n) is 2.85. The lowest BCUT2D eigenvalue weighted by atomic mass is 10.2. The first-order chi connectivity index (χ1) is 9.53. The van der Waals surface area contributed by atoms with Gasteiger partial charge in [-0.3, -0.25) is 4.98 Å². The molecule has 0 fully saturated rings. The standard InChI is InChI=1S/C13H17N3O2S2/c1-10-5-6-15-7-11(10)8-16-20(17,18)13-4-3-12(19-13)9-14-2/h3-7,14,16H,8-9H2,1-2H3. The molecule has 2 aromatic heterocycles. The van der Waals surface area contributed by atoms with Crippen LogP contribution in [0.5, 0.6) is 0 Å². The first kappa shape index (κ1) is 15.1. The molecule has 108 valence electrons. The lowest BCUT2D eigenvalue weighted by Crippen LogP contribution is -2.22. The number of nitrogens with one attached hydrogen (secondary N) is 2. The van der Waals surface area contributed by atoms with Gasteiger partial charge in [-0.05, 0) is 43.3 Å². The minimum atomic E-state index is -3.46. The Morgan fingerprint density at radius 2 is 2.05 bits per heavy atom. The number of hydrogen-bond donors (Lipinski definition) is 2. The molecular formula is C13H17N3O2S2. The smallest absolute Gasteiger partial charge is 0.250 e. The maximum absolute atomic E-state index is 12.2. The molecule has 2 N–H and O–H groups in total. The molecule has 2 rings (SSSR count).